The van der Waals surface area contributed by atoms with E-state index in [1.165, 1.54) is 23.5 Å². The Morgan fingerprint density at radius 2 is 1.73 bits per heavy atom. The predicted octanol–water partition coefficient (Wildman–Crippen LogP) is 5.31. The fourth-order valence-corrected chi connectivity index (χ4v) is 5.31. The quantitative estimate of drug-likeness (QED) is 0.253. The molecular formula is C24H30FN3O3S2. The fraction of sp³-hybridized carbons (Fsp3) is 0.417. The van der Waals surface area contributed by atoms with Crippen LogP contribution in [0.15, 0.2) is 41.3 Å². The van der Waals surface area contributed by atoms with E-state index in [-0.39, 0.29) is 11.7 Å². The molecule has 0 bridgehead atoms. The van der Waals surface area contributed by atoms with E-state index in [2.05, 4.69) is 4.90 Å². The lowest BCUT2D eigenvalue weighted by Gasteiger charge is -2.21. The van der Waals surface area contributed by atoms with Crippen LogP contribution in [0.1, 0.15) is 19.3 Å². The van der Waals surface area contributed by atoms with Gasteiger partial charge in [0.2, 0.25) is 5.91 Å². The molecule has 0 fully saturated rings. The van der Waals surface area contributed by atoms with Crippen molar-refractivity contribution < 1.29 is 18.7 Å². The minimum Gasteiger partial charge on any atom is -0.495 e. The van der Waals surface area contributed by atoms with Gasteiger partial charge >= 0.3 is 0 Å². The number of hydrogen-bond acceptors (Lipinski definition) is 7. The van der Waals surface area contributed by atoms with Gasteiger partial charge in [-0.05, 0) is 75.6 Å². The van der Waals surface area contributed by atoms with Crippen molar-refractivity contribution in [2.45, 2.75) is 24.2 Å². The first-order valence-electron chi connectivity index (χ1n) is 10.8. The average molecular weight is 492 g/mol. The van der Waals surface area contributed by atoms with Crippen molar-refractivity contribution in [1.29, 1.82) is 0 Å². The molecule has 0 saturated carbocycles. The first-order valence-corrected chi connectivity index (χ1v) is 12.6. The zero-order chi connectivity index (χ0) is 23.8. The van der Waals surface area contributed by atoms with Gasteiger partial charge in [0, 0.05) is 17.9 Å². The average Bonchev–Trinajstić information content (AvgIpc) is 3.24. The van der Waals surface area contributed by atoms with Crippen LogP contribution in [-0.2, 0) is 4.79 Å². The molecule has 6 nitrogen and oxygen atoms in total. The lowest BCUT2D eigenvalue weighted by molar-refractivity contribution is -0.118. The van der Waals surface area contributed by atoms with E-state index in [0.29, 0.717) is 35.1 Å². The van der Waals surface area contributed by atoms with Gasteiger partial charge in [-0.2, -0.15) is 0 Å². The smallest absolute Gasteiger partial charge is 0.228 e. The molecule has 0 unspecified atom stereocenters. The SMILES string of the molecule is COc1ccc(OC)c2sc(N(CCCN(C)C)C(=O)CCCSc3ccc(F)cc3)nc12. The summed E-state index contributed by atoms with van der Waals surface area (Å²) in [6.45, 7) is 1.47. The number of nitrogens with zero attached hydrogens (tertiary/aromatic N) is 3. The number of methoxy groups -OCH3 is 2. The van der Waals surface area contributed by atoms with Crippen LogP contribution in [0.4, 0.5) is 9.52 Å². The minimum absolute atomic E-state index is 0.0467. The van der Waals surface area contributed by atoms with Gasteiger partial charge in [0.05, 0.1) is 14.2 Å². The van der Waals surface area contributed by atoms with Gasteiger partial charge in [0.25, 0.3) is 0 Å². The van der Waals surface area contributed by atoms with Crippen LogP contribution in [0.2, 0.25) is 0 Å². The molecule has 0 saturated heterocycles. The van der Waals surface area contributed by atoms with Crippen molar-refractivity contribution >= 4 is 44.4 Å². The molecule has 33 heavy (non-hydrogen) atoms. The van der Waals surface area contributed by atoms with Crippen LogP contribution in [0.3, 0.4) is 0 Å². The third-order valence-corrected chi connectivity index (χ3v) is 7.23. The number of carbonyl (C=O) groups is 1. The third-order valence-electron chi connectivity index (χ3n) is 5.04. The highest BCUT2D eigenvalue weighted by Crippen LogP contribution is 2.40. The molecule has 1 heterocycles. The molecule has 178 valence electrons. The summed E-state index contributed by atoms with van der Waals surface area (Å²) < 4.78 is 24.9. The first kappa shape index (κ1) is 25.3. The van der Waals surface area contributed by atoms with Gasteiger partial charge in [-0.25, -0.2) is 9.37 Å². The Hall–Kier alpha value is -2.36. The summed E-state index contributed by atoms with van der Waals surface area (Å²) in [6.07, 6.45) is 1.98. The summed E-state index contributed by atoms with van der Waals surface area (Å²) in [4.78, 5) is 22.9. The molecule has 0 radical (unpaired) electrons. The van der Waals surface area contributed by atoms with E-state index in [9.17, 15) is 9.18 Å². The summed E-state index contributed by atoms with van der Waals surface area (Å²) in [5.74, 6) is 1.96. The van der Waals surface area contributed by atoms with Gasteiger partial charge in [0.15, 0.2) is 5.13 Å². The van der Waals surface area contributed by atoms with E-state index >= 15 is 0 Å². The summed E-state index contributed by atoms with van der Waals surface area (Å²) >= 11 is 3.07. The largest absolute Gasteiger partial charge is 0.495 e. The standard InChI is InChI=1S/C24H30FN3O3S2/c1-27(2)14-6-15-28(21(29)7-5-16-32-18-10-8-17(25)9-11-18)24-26-22-19(30-3)12-13-20(31-4)23(22)33-24/h8-13H,5-7,14-16H2,1-4H3. The number of anilines is 1. The van der Waals surface area contributed by atoms with Crippen LogP contribution < -0.4 is 14.4 Å². The number of carbonyl (C=O) groups excluding carboxylic acids is 1. The Morgan fingerprint density at radius 3 is 2.39 bits per heavy atom. The fourth-order valence-electron chi connectivity index (χ4n) is 3.34. The molecule has 0 aliphatic heterocycles. The van der Waals surface area contributed by atoms with E-state index in [0.717, 1.165) is 34.7 Å². The summed E-state index contributed by atoms with van der Waals surface area (Å²) in [6, 6.07) is 10.1. The zero-order valence-corrected chi connectivity index (χ0v) is 21.1. The lowest BCUT2D eigenvalue weighted by Crippen LogP contribution is -2.33. The van der Waals surface area contributed by atoms with Crippen LogP contribution in [0, 0.1) is 5.82 Å². The first-order chi connectivity index (χ1) is 15.9. The number of rotatable bonds is 12. The molecule has 0 N–H and O–H groups in total. The van der Waals surface area contributed by atoms with Crippen molar-refractivity contribution in [3.8, 4) is 11.5 Å². The van der Waals surface area contributed by atoms with Gasteiger partial charge in [-0.3, -0.25) is 9.69 Å². The Bertz CT molecular complexity index is 1020. The normalized spacial score (nSPS) is 11.2. The molecule has 3 aromatic rings. The molecule has 0 spiro atoms. The molecule has 0 aliphatic carbocycles. The van der Waals surface area contributed by atoms with E-state index in [1.54, 1.807) is 43.0 Å². The number of ether oxygens (including phenoxy) is 2. The second kappa shape index (κ2) is 12.2. The second-order valence-corrected chi connectivity index (χ2v) is 9.90. The second-order valence-electron chi connectivity index (χ2n) is 7.75. The van der Waals surface area contributed by atoms with E-state index in [4.69, 9.17) is 14.5 Å². The maximum absolute atomic E-state index is 13.2. The van der Waals surface area contributed by atoms with Gasteiger partial charge < -0.3 is 14.4 Å². The van der Waals surface area contributed by atoms with Crippen molar-refractivity contribution in [3.63, 3.8) is 0 Å². The predicted molar refractivity (Wildman–Crippen MR) is 135 cm³/mol. The van der Waals surface area contributed by atoms with Crippen LogP contribution >= 0.6 is 23.1 Å². The highest BCUT2D eigenvalue weighted by molar-refractivity contribution is 7.99. The number of thiazole rings is 1. The minimum atomic E-state index is -0.244. The Morgan fingerprint density at radius 1 is 1.03 bits per heavy atom. The lowest BCUT2D eigenvalue weighted by atomic mass is 10.3. The third kappa shape index (κ3) is 6.82. The maximum atomic E-state index is 13.2. The maximum Gasteiger partial charge on any atom is 0.228 e. The Balaban J connectivity index is 1.73. The summed E-state index contributed by atoms with van der Waals surface area (Å²) in [7, 11) is 7.27. The van der Waals surface area contributed by atoms with Crippen molar-refractivity contribution in [3.05, 3.63) is 42.2 Å². The van der Waals surface area contributed by atoms with Crippen LogP contribution in [0.5, 0.6) is 11.5 Å². The summed E-state index contributed by atoms with van der Waals surface area (Å²) in [5.41, 5.74) is 0.703. The number of amides is 1. The number of fused-ring (bicyclic) bond motifs is 1. The van der Waals surface area contributed by atoms with Crippen LogP contribution in [-0.4, -0.2) is 62.9 Å². The molecule has 3 rings (SSSR count). The van der Waals surface area contributed by atoms with Crippen molar-refractivity contribution in [2.24, 2.45) is 0 Å². The van der Waals surface area contributed by atoms with Crippen LogP contribution in [0.25, 0.3) is 10.2 Å². The highest BCUT2D eigenvalue weighted by Gasteiger charge is 2.22. The molecule has 0 aliphatic rings. The van der Waals surface area contributed by atoms with E-state index in [1.807, 2.05) is 26.2 Å². The van der Waals surface area contributed by atoms with Gasteiger partial charge in [-0.1, -0.05) is 11.3 Å². The monoisotopic (exact) mass is 491 g/mol. The summed E-state index contributed by atoms with van der Waals surface area (Å²) in [5, 5.41) is 0.655. The topological polar surface area (TPSA) is 54.9 Å². The van der Waals surface area contributed by atoms with Gasteiger partial charge in [-0.15, -0.1) is 11.8 Å². The van der Waals surface area contributed by atoms with Gasteiger partial charge in [0.1, 0.15) is 27.5 Å². The number of thioether (sulfide) groups is 1. The molecular weight excluding hydrogens is 461 g/mol. The number of aromatic nitrogens is 1. The van der Waals surface area contributed by atoms with Crippen molar-refractivity contribution in [2.75, 3.05) is 52.1 Å². The molecule has 1 amide bonds. The number of benzene rings is 2. The van der Waals surface area contributed by atoms with Crippen molar-refractivity contribution in [1.82, 2.24) is 9.88 Å². The molecule has 0 atom stereocenters. The number of hydrogen-bond donors (Lipinski definition) is 0. The van der Waals surface area contributed by atoms with E-state index < -0.39 is 0 Å². The zero-order valence-electron chi connectivity index (χ0n) is 19.5. The Kier molecular flexibility index (Phi) is 9.34. The Labute approximate surface area is 202 Å². The number of halogens is 1. The highest BCUT2D eigenvalue weighted by atomic mass is 32.2. The molecule has 2 aromatic carbocycles. The molecule has 1 aromatic heterocycles. The molecule has 9 heteroatoms.